The van der Waals surface area contributed by atoms with Crippen molar-refractivity contribution in [3.05, 3.63) is 11.1 Å². The van der Waals surface area contributed by atoms with Crippen LogP contribution in [-0.2, 0) is 19.8 Å². The van der Waals surface area contributed by atoms with Crippen molar-refractivity contribution in [1.29, 1.82) is 0 Å². The number of nitrogens with one attached hydrogen (secondary N) is 1. The molecule has 0 spiro atoms. The molecule has 1 amide bonds. The number of thiazole rings is 1. The van der Waals surface area contributed by atoms with Crippen LogP contribution in [0.15, 0.2) is 10.5 Å². The number of hydrogen-bond acceptors (Lipinski definition) is 6. The van der Waals surface area contributed by atoms with Gasteiger partial charge in [-0.2, -0.15) is 0 Å². The molecule has 0 aliphatic carbocycles. The summed E-state index contributed by atoms with van der Waals surface area (Å²) in [5.41, 5.74) is 0.635. The lowest BCUT2D eigenvalue weighted by molar-refractivity contribution is -0.129. The fraction of sp³-hybridized carbons (Fsp3) is 0.500. The fourth-order valence-electron chi connectivity index (χ4n) is 1.51. The molecule has 7 nitrogen and oxygen atoms in total. The normalized spacial score (nSPS) is 18.4. The van der Waals surface area contributed by atoms with Crippen LogP contribution in [0.1, 0.15) is 32.9 Å². The number of amides is 1. The number of nitrogens with zero attached hydrogens (tertiary/aromatic N) is 2. The van der Waals surface area contributed by atoms with E-state index in [9.17, 15) is 9.59 Å². The minimum absolute atomic E-state index is 0.0430. The Morgan fingerprint density at radius 1 is 1.50 bits per heavy atom. The zero-order valence-corrected chi connectivity index (χ0v) is 12.2. The van der Waals surface area contributed by atoms with E-state index in [0.29, 0.717) is 5.13 Å². The predicted molar refractivity (Wildman–Crippen MR) is 74.0 cm³/mol. The number of oxime groups is 1. The van der Waals surface area contributed by atoms with Crippen molar-refractivity contribution >= 4 is 34.1 Å². The Bertz CT molecular complexity index is 574. The van der Waals surface area contributed by atoms with Gasteiger partial charge in [0.05, 0.1) is 5.69 Å². The van der Waals surface area contributed by atoms with Gasteiger partial charge in [-0.1, -0.05) is 25.9 Å². The number of carboxylic acids is 1. The molecule has 20 heavy (non-hydrogen) atoms. The summed E-state index contributed by atoms with van der Waals surface area (Å²) in [6.07, 6.45) is -0.957. The smallest absolute Gasteiger partial charge is 0.353 e. The third kappa shape index (κ3) is 3.13. The molecule has 0 bridgehead atoms. The van der Waals surface area contributed by atoms with Crippen molar-refractivity contribution in [1.82, 2.24) is 4.98 Å². The Balaban J connectivity index is 1.96. The monoisotopic (exact) mass is 297 g/mol. The maximum Gasteiger partial charge on any atom is 0.353 e. The van der Waals surface area contributed by atoms with Gasteiger partial charge in [0.25, 0.3) is 5.91 Å². The molecule has 8 heteroatoms. The molecule has 1 aromatic rings. The molecule has 2 rings (SSSR count). The fourth-order valence-corrected chi connectivity index (χ4v) is 2.45. The molecule has 2 N–H and O–H groups in total. The lowest BCUT2D eigenvalue weighted by Crippen LogP contribution is -2.29. The average molecular weight is 297 g/mol. The topological polar surface area (TPSA) is 101 Å². The standard InChI is InChI=1S/C12H15N3O4S/c1-12(2,3)8-5-20-11(13-8)14-9(16)7-4-6(10(17)18)15-19-7/h5,7H,4H2,1-3H3,(H,17,18)(H,13,14,16). The van der Waals surface area contributed by atoms with Gasteiger partial charge in [-0.3, -0.25) is 10.1 Å². The second-order valence-electron chi connectivity index (χ2n) is 5.42. The molecule has 1 aromatic heterocycles. The van der Waals surface area contributed by atoms with E-state index in [1.807, 2.05) is 26.2 Å². The zero-order valence-electron chi connectivity index (χ0n) is 11.3. The van der Waals surface area contributed by atoms with Crippen LogP contribution in [0, 0.1) is 0 Å². The van der Waals surface area contributed by atoms with Crippen LogP contribution < -0.4 is 5.32 Å². The molecule has 1 aliphatic rings. The van der Waals surface area contributed by atoms with Gasteiger partial charge in [-0.05, 0) is 0 Å². The van der Waals surface area contributed by atoms with Crippen molar-refractivity contribution in [3.63, 3.8) is 0 Å². The van der Waals surface area contributed by atoms with Crippen LogP contribution in [-0.4, -0.2) is 33.8 Å². The highest BCUT2D eigenvalue weighted by atomic mass is 32.1. The molecular formula is C12H15N3O4S. The predicted octanol–water partition coefficient (Wildman–Crippen LogP) is 1.61. The van der Waals surface area contributed by atoms with E-state index < -0.39 is 18.0 Å². The first-order valence-electron chi connectivity index (χ1n) is 6.00. The van der Waals surface area contributed by atoms with Crippen LogP contribution in [0.4, 0.5) is 5.13 Å². The first kappa shape index (κ1) is 14.4. The molecular weight excluding hydrogens is 282 g/mol. The number of aromatic nitrogens is 1. The quantitative estimate of drug-likeness (QED) is 0.882. The first-order chi connectivity index (χ1) is 9.27. The molecule has 1 unspecified atom stereocenters. The molecule has 0 saturated heterocycles. The number of carbonyl (C=O) groups excluding carboxylic acids is 1. The van der Waals surface area contributed by atoms with E-state index in [1.54, 1.807) is 0 Å². The van der Waals surface area contributed by atoms with E-state index in [2.05, 4.69) is 15.5 Å². The van der Waals surface area contributed by atoms with E-state index >= 15 is 0 Å². The Hall–Kier alpha value is -1.96. The highest BCUT2D eigenvalue weighted by molar-refractivity contribution is 7.14. The van der Waals surface area contributed by atoms with E-state index in [0.717, 1.165) is 5.69 Å². The molecule has 1 aliphatic heterocycles. The van der Waals surface area contributed by atoms with Crippen LogP contribution >= 0.6 is 11.3 Å². The second kappa shape index (κ2) is 5.20. The SMILES string of the molecule is CC(C)(C)c1csc(NC(=O)C2CC(C(=O)O)=NO2)n1. The van der Waals surface area contributed by atoms with E-state index in [4.69, 9.17) is 9.94 Å². The van der Waals surface area contributed by atoms with E-state index in [1.165, 1.54) is 11.3 Å². The lowest BCUT2D eigenvalue weighted by Gasteiger charge is -2.14. The van der Waals surface area contributed by atoms with E-state index in [-0.39, 0.29) is 17.5 Å². The highest BCUT2D eigenvalue weighted by Gasteiger charge is 2.32. The summed E-state index contributed by atoms with van der Waals surface area (Å²) >= 11 is 1.32. The Morgan fingerprint density at radius 3 is 2.70 bits per heavy atom. The molecule has 0 fully saturated rings. The Kier molecular flexibility index (Phi) is 3.76. The molecule has 0 aromatic carbocycles. The maximum absolute atomic E-state index is 11.9. The summed E-state index contributed by atoms with van der Waals surface area (Å²) in [7, 11) is 0. The minimum Gasteiger partial charge on any atom is -0.477 e. The lowest BCUT2D eigenvalue weighted by atomic mass is 9.93. The highest BCUT2D eigenvalue weighted by Crippen LogP contribution is 2.26. The number of aliphatic carboxylic acids is 1. The summed E-state index contributed by atoms with van der Waals surface area (Å²) in [4.78, 5) is 31.7. The van der Waals surface area contributed by atoms with Gasteiger partial charge in [-0.15, -0.1) is 11.3 Å². The molecule has 1 atom stereocenters. The zero-order chi connectivity index (χ0) is 14.9. The van der Waals surface area contributed by atoms with Gasteiger partial charge >= 0.3 is 5.97 Å². The van der Waals surface area contributed by atoms with Gasteiger partial charge in [-0.25, -0.2) is 9.78 Å². The maximum atomic E-state index is 11.9. The van der Waals surface area contributed by atoms with Crippen molar-refractivity contribution in [3.8, 4) is 0 Å². The average Bonchev–Trinajstić information content (AvgIpc) is 2.95. The minimum atomic E-state index is -1.18. The number of hydrogen-bond donors (Lipinski definition) is 2. The molecule has 2 heterocycles. The van der Waals surface area contributed by atoms with Crippen LogP contribution in [0.5, 0.6) is 0 Å². The van der Waals surface area contributed by atoms with Gasteiger partial charge in [0.15, 0.2) is 10.8 Å². The largest absolute Gasteiger partial charge is 0.477 e. The summed E-state index contributed by atoms with van der Waals surface area (Å²) in [5, 5.41) is 17.1. The molecule has 108 valence electrons. The van der Waals surface area contributed by atoms with Crippen molar-refractivity contribution in [2.45, 2.75) is 38.7 Å². The Labute approximate surface area is 119 Å². The van der Waals surface area contributed by atoms with Crippen LogP contribution in [0.25, 0.3) is 0 Å². The third-order valence-corrected chi connectivity index (χ3v) is 3.47. The number of carboxylic acid groups (broad SMARTS) is 1. The van der Waals surface area contributed by atoms with Crippen LogP contribution in [0.3, 0.4) is 0 Å². The van der Waals surface area contributed by atoms with Crippen molar-refractivity contribution in [2.24, 2.45) is 5.16 Å². The summed E-state index contributed by atoms with van der Waals surface area (Å²) < 4.78 is 0. The first-order valence-corrected chi connectivity index (χ1v) is 6.88. The third-order valence-electron chi connectivity index (χ3n) is 2.71. The Morgan fingerprint density at radius 2 is 2.20 bits per heavy atom. The van der Waals surface area contributed by atoms with Gasteiger partial charge < -0.3 is 9.94 Å². The van der Waals surface area contributed by atoms with Gasteiger partial charge in [0.2, 0.25) is 6.10 Å². The van der Waals surface area contributed by atoms with Gasteiger partial charge in [0, 0.05) is 17.2 Å². The van der Waals surface area contributed by atoms with Gasteiger partial charge in [0.1, 0.15) is 0 Å². The number of carbonyl (C=O) groups is 2. The second-order valence-corrected chi connectivity index (χ2v) is 6.28. The summed E-state index contributed by atoms with van der Waals surface area (Å²) in [5.74, 6) is -1.62. The van der Waals surface area contributed by atoms with Crippen molar-refractivity contribution < 1.29 is 19.5 Å². The number of anilines is 1. The summed E-state index contributed by atoms with van der Waals surface area (Å²) in [6, 6.07) is 0. The molecule has 0 radical (unpaired) electrons. The van der Waals surface area contributed by atoms with Crippen LogP contribution in [0.2, 0.25) is 0 Å². The number of rotatable bonds is 3. The molecule has 0 saturated carbocycles. The van der Waals surface area contributed by atoms with Crippen molar-refractivity contribution in [2.75, 3.05) is 5.32 Å². The summed E-state index contributed by atoms with van der Waals surface area (Å²) in [6.45, 7) is 6.09.